The first kappa shape index (κ1) is 14.4. The molecule has 1 heterocycles. The molecule has 3 heteroatoms. The van der Waals surface area contributed by atoms with Crippen molar-refractivity contribution in [2.24, 2.45) is 0 Å². The zero-order valence-corrected chi connectivity index (χ0v) is 13.8. The van der Waals surface area contributed by atoms with Gasteiger partial charge in [0.1, 0.15) is 11.6 Å². The van der Waals surface area contributed by atoms with Gasteiger partial charge in [0, 0.05) is 11.3 Å². The molecule has 4 aromatic rings. The number of nitrogens with zero attached hydrogens (tertiary/aromatic N) is 2. The fourth-order valence-corrected chi connectivity index (χ4v) is 3.64. The van der Waals surface area contributed by atoms with Crippen molar-refractivity contribution in [1.82, 2.24) is 9.97 Å². The molecule has 1 saturated carbocycles. The second kappa shape index (κ2) is 5.55. The van der Waals surface area contributed by atoms with Crippen LogP contribution in [0, 0.1) is 0 Å². The summed E-state index contributed by atoms with van der Waals surface area (Å²) in [6, 6.07) is 19.9. The topological polar surface area (TPSA) is 46.0 Å². The molecular weight excluding hydrogens is 308 g/mol. The van der Waals surface area contributed by atoms with Crippen LogP contribution in [0.3, 0.4) is 0 Å². The minimum atomic E-state index is 0.266. The fraction of sp³-hybridized carbons (Fsp3) is 0.182. The molecule has 5 rings (SSSR count). The number of phenolic OH excluding ortho intramolecular Hbond substituents is 1. The van der Waals surface area contributed by atoms with E-state index < -0.39 is 0 Å². The highest BCUT2D eigenvalue weighted by molar-refractivity contribution is 6.05. The van der Waals surface area contributed by atoms with Gasteiger partial charge in [0.15, 0.2) is 0 Å². The summed E-state index contributed by atoms with van der Waals surface area (Å²) in [6.07, 6.45) is 3.55. The Kier molecular flexibility index (Phi) is 3.20. The lowest BCUT2D eigenvalue weighted by Crippen LogP contribution is -2.13. The van der Waals surface area contributed by atoms with Crippen molar-refractivity contribution in [1.29, 1.82) is 0 Å². The molecule has 0 atom stereocenters. The Labute approximate surface area is 146 Å². The number of aromatic nitrogens is 2. The summed E-state index contributed by atoms with van der Waals surface area (Å²) in [7, 11) is 0. The molecule has 3 nitrogen and oxygen atoms in total. The highest BCUT2D eigenvalue weighted by Crippen LogP contribution is 2.41. The largest absolute Gasteiger partial charge is 0.507 e. The Morgan fingerprint density at radius 2 is 1.56 bits per heavy atom. The zero-order valence-electron chi connectivity index (χ0n) is 13.8. The smallest absolute Gasteiger partial charge is 0.132 e. The van der Waals surface area contributed by atoms with Crippen LogP contribution in [0.5, 0.6) is 5.75 Å². The van der Waals surface area contributed by atoms with E-state index in [1.54, 1.807) is 6.07 Å². The van der Waals surface area contributed by atoms with E-state index in [9.17, 15) is 5.11 Å². The molecule has 0 spiro atoms. The molecule has 0 unspecified atom stereocenters. The summed E-state index contributed by atoms with van der Waals surface area (Å²) in [5.74, 6) is 1.62. The molecular formula is C22H18N2O. The standard InChI is InChI=1S/C22H18N2O/c25-19-13-12-14-6-1-2-9-16(14)20(19)21-17-10-3-4-11-18(17)23-22(24-21)15-7-5-8-15/h1-4,6,9-13,15,25H,5,7-8H2. The Hall–Kier alpha value is -2.94. The predicted molar refractivity (Wildman–Crippen MR) is 101 cm³/mol. The molecule has 3 aromatic carbocycles. The third-order valence-electron chi connectivity index (χ3n) is 5.23. The predicted octanol–water partition coefficient (Wildman–Crippen LogP) is 5.42. The minimum absolute atomic E-state index is 0.266. The van der Waals surface area contributed by atoms with Gasteiger partial charge in [-0.25, -0.2) is 9.97 Å². The van der Waals surface area contributed by atoms with Crippen LogP contribution in [0.1, 0.15) is 31.0 Å². The van der Waals surface area contributed by atoms with Gasteiger partial charge in [-0.2, -0.15) is 0 Å². The fourth-order valence-electron chi connectivity index (χ4n) is 3.64. The summed E-state index contributed by atoms with van der Waals surface area (Å²) >= 11 is 0. The summed E-state index contributed by atoms with van der Waals surface area (Å²) in [4.78, 5) is 9.73. The molecule has 1 aromatic heterocycles. The number of para-hydroxylation sites is 1. The molecule has 1 N–H and O–H groups in total. The molecule has 0 radical (unpaired) electrons. The molecule has 1 aliphatic rings. The molecule has 1 aliphatic carbocycles. The first-order valence-electron chi connectivity index (χ1n) is 8.79. The van der Waals surface area contributed by atoms with E-state index in [2.05, 4.69) is 6.07 Å². The Morgan fingerprint density at radius 1 is 0.800 bits per heavy atom. The Bertz CT molecular complexity index is 1100. The second-order valence-electron chi connectivity index (χ2n) is 6.76. The number of hydrogen-bond donors (Lipinski definition) is 1. The molecule has 1 fully saturated rings. The van der Waals surface area contributed by atoms with Gasteiger partial charge in [0.2, 0.25) is 0 Å². The molecule has 0 amide bonds. The average Bonchev–Trinajstić information content (AvgIpc) is 2.60. The monoisotopic (exact) mass is 326 g/mol. The van der Waals surface area contributed by atoms with Crippen LogP contribution in [0.25, 0.3) is 32.9 Å². The van der Waals surface area contributed by atoms with Gasteiger partial charge < -0.3 is 5.11 Å². The lowest BCUT2D eigenvalue weighted by atomic mass is 9.84. The number of rotatable bonds is 2. The van der Waals surface area contributed by atoms with Gasteiger partial charge >= 0.3 is 0 Å². The highest BCUT2D eigenvalue weighted by atomic mass is 16.3. The normalized spacial score (nSPS) is 14.7. The van der Waals surface area contributed by atoms with Crippen LogP contribution in [0.15, 0.2) is 60.7 Å². The summed E-state index contributed by atoms with van der Waals surface area (Å²) in [6.45, 7) is 0. The minimum Gasteiger partial charge on any atom is -0.507 e. The molecule has 122 valence electrons. The van der Waals surface area contributed by atoms with Crippen LogP contribution in [-0.2, 0) is 0 Å². The molecule has 0 aliphatic heterocycles. The lowest BCUT2D eigenvalue weighted by Gasteiger charge is -2.24. The van der Waals surface area contributed by atoms with Gasteiger partial charge in [-0.3, -0.25) is 0 Å². The van der Waals surface area contributed by atoms with Gasteiger partial charge in [-0.15, -0.1) is 0 Å². The van der Waals surface area contributed by atoms with Gasteiger partial charge in [-0.05, 0) is 35.7 Å². The maximum absolute atomic E-state index is 10.7. The van der Waals surface area contributed by atoms with E-state index in [1.807, 2.05) is 48.5 Å². The van der Waals surface area contributed by atoms with Crippen LogP contribution >= 0.6 is 0 Å². The van der Waals surface area contributed by atoms with Crippen molar-refractivity contribution in [2.75, 3.05) is 0 Å². The van der Waals surface area contributed by atoms with Crippen molar-refractivity contribution in [2.45, 2.75) is 25.2 Å². The Balaban J connectivity index is 1.87. The quantitative estimate of drug-likeness (QED) is 0.535. The molecule has 0 saturated heterocycles. The van der Waals surface area contributed by atoms with E-state index in [0.29, 0.717) is 5.92 Å². The summed E-state index contributed by atoms with van der Waals surface area (Å²) in [5, 5.41) is 13.8. The molecule has 25 heavy (non-hydrogen) atoms. The highest BCUT2D eigenvalue weighted by Gasteiger charge is 2.24. The van der Waals surface area contributed by atoms with E-state index >= 15 is 0 Å². The number of benzene rings is 3. The van der Waals surface area contributed by atoms with Crippen LogP contribution in [0.4, 0.5) is 0 Å². The van der Waals surface area contributed by atoms with Gasteiger partial charge in [0.05, 0.1) is 16.8 Å². The van der Waals surface area contributed by atoms with Crippen LogP contribution in [-0.4, -0.2) is 15.1 Å². The maximum atomic E-state index is 10.7. The van der Waals surface area contributed by atoms with Crippen LogP contribution < -0.4 is 0 Å². The first-order chi connectivity index (χ1) is 12.3. The van der Waals surface area contributed by atoms with Crippen molar-refractivity contribution in [3.63, 3.8) is 0 Å². The van der Waals surface area contributed by atoms with E-state index in [4.69, 9.17) is 9.97 Å². The number of phenols is 1. The number of aromatic hydroxyl groups is 1. The van der Waals surface area contributed by atoms with Crippen molar-refractivity contribution in [3.05, 3.63) is 66.5 Å². The van der Waals surface area contributed by atoms with Gasteiger partial charge in [-0.1, -0.05) is 55.0 Å². The number of hydrogen-bond acceptors (Lipinski definition) is 3. The second-order valence-corrected chi connectivity index (χ2v) is 6.76. The number of fused-ring (bicyclic) bond motifs is 2. The van der Waals surface area contributed by atoms with Crippen LogP contribution in [0.2, 0.25) is 0 Å². The van der Waals surface area contributed by atoms with Crippen molar-refractivity contribution in [3.8, 4) is 17.0 Å². The molecule has 0 bridgehead atoms. The van der Waals surface area contributed by atoms with E-state index in [-0.39, 0.29) is 5.75 Å². The van der Waals surface area contributed by atoms with Crippen molar-refractivity contribution < 1.29 is 5.11 Å². The lowest BCUT2D eigenvalue weighted by molar-refractivity contribution is 0.402. The SMILES string of the molecule is Oc1ccc2ccccc2c1-c1nc(C2CCC2)nc2ccccc12. The van der Waals surface area contributed by atoms with E-state index in [1.165, 1.54) is 6.42 Å². The third-order valence-corrected chi connectivity index (χ3v) is 5.23. The maximum Gasteiger partial charge on any atom is 0.132 e. The average molecular weight is 326 g/mol. The van der Waals surface area contributed by atoms with Gasteiger partial charge in [0.25, 0.3) is 0 Å². The zero-order chi connectivity index (χ0) is 16.8. The third kappa shape index (κ3) is 2.27. The van der Waals surface area contributed by atoms with Crippen molar-refractivity contribution >= 4 is 21.7 Å². The first-order valence-corrected chi connectivity index (χ1v) is 8.79. The summed E-state index contributed by atoms with van der Waals surface area (Å²) in [5.41, 5.74) is 2.58. The van der Waals surface area contributed by atoms with E-state index in [0.717, 1.165) is 51.6 Å². The Morgan fingerprint density at radius 3 is 2.36 bits per heavy atom. The summed E-state index contributed by atoms with van der Waals surface area (Å²) < 4.78 is 0.